The van der Waals surface area contributed by atoms with Crippen molar-refractivity contribution in [3.63, 3.8) is 0 Å². The molecule has 84 valence electrons. The number of hydrogen-bond donors (Lipinski definition) is 0. The minimum atomic E-state index is -0.0810. The van der Waals surface area contributed by atoms with Crippen LogP contribution in [0.2, 0.25) is 0 Å². The van der Waals surface area contributed by atoms with Gasteiger partial charge in [0.1, 0.15) is 0 Å². The summed E-state index contributed by atoms with van der Waals surface area (Å²) in [5.74, 6) is -0.137. The molecule has 2 heteroatoms. The van der Waals surface area contributed by atoms with Gasteiger partial charge in [0.05, 0.1) is 12.5 Å². The van der Waals surface area contributed by atoms with Crippen LogP contribution in [-0.4, -0.2) is 12.6 Å². The fraction of sp³-hybridized carbons (Fsp3) is 0.615. The predicted octanol–water partition coefficient (Wildman–Crippen LogP) is 3.24. The molecule has 2 nitrogen and oxygen atoms in total. The van der Waals surface area contributed by atoms with E-state index in [4.69, 9.17) is 4.74 Å². The Hall–Kier alpha value is -1.05. The van der Waals surface area contributed by atoms with E-state index in [0.717, 1.165) is 19.3 Å². The van der Waals surface area contributed by atoms with Crippen LogP contribution in [0.15, 0.2) is 23.3 Å². The van der Waals surface area contributed by atoms with E-state index < -0.39 is 0 Å². The fourth-order valence-corrected chi connectivity index (χ4v) is 1.84. The molecule has 0 N–H and O–H groups in total. The summed E-state index contributed by atoms with van der Waals surface area (Å²) in [7, 11) is 0. The van der Waals surface area contributed by atoms with Gasteiger partial charge in [-0.3, -0.25) is 4.79 Å². The first-order valence-corrected chi connectivity index (χ1v) is 5.78. The van der Waals surface area contributed by atoms with E-state index in [1.807, 2.05) is 6.92 Å². The smallest absolute Gasteiger partial charge is 0.313 e. The average Bonchev–Trinajstić information content (AvgIpc) is 2.28. The normalized spacial score (nSPS) is 20.6. The van der Waals surface area contributed by atoms with Crippen molar-refractivity contribution in [3.05, 3.63) is 23.3 Å². The molecule has 0 saturated heterocycles. The first-order chi connectivity index (χ1) is 7.21. The van der Waals surface area contributed by atoms with Gasteiger partial charge in [-0.05, 0) is 26.2 Å². The van der Waals surface area contributed by atoms with E-state index in [1.165, 1.54) is 11.1 Å². The van der Waals surface area contributed by atoms with Crippen LogP contribution in [-0.2, 0) is 9.53 Å². The zero-order valence-corrected chi connectivity index (χ0v) is 9.88. The number of allylic oxidation sites excluding steroid dienone is 3. The van der Waals surface area contributed by atoms with Gasteiger partial charge in [0.15, 0.2) is 0 Å². The van der Waals surface area contributed by atoms with Gasteiger partial charge in [-0.2, -0.15) is 0 Å². The highest BCUT2D eigenvalue weighted by molar-refractivity contribution is 5.75. The van der Waals surface area contributed by atoms with Crippen molar-refractivity contribution in [1.82, 2.24) is 0 Å². The van der Waals surface area contributed by atoms with Crippen LogP contribution >= 0.6 is 0 Å². The van der Waals surface area contributed by atoms with E-state index in [0.29, 0.717) is 6.61 Å². The minimum Gasteiger partial charge on any atom is -0.466 e. The molecule has 1 unspecified atom stereocenters. The van der Waals surface area contributed by atoms with E-state index >= 15 is 0 Å². The summed E-state index contributed by atoms with van der Waals surface area (Å²) in [6.07, 6.45) is 7.11. The lowest BCUT2D eigenvalue weighted by Gasteiger charge is -2.19. The van der Waals surface area contributed by atoms with Crippen LogP contribution < -0.4 is 0 Å². The monoisotopic (exact) mass is 208 g/mol. The summed E-state index contributed by atoms with van der Waals surface area (Å²) < 4.78 is 5.06. The van der Waals surface area contributed by atoms with Crippen LogP contribution in [0.4, 0.5) is 0 Å². The molecule has 1 rings (SSSR count). The van der Waals surface area contributed by atoms with Crippen molar-refractivity contribution in [3.8, 4) is 0 Å². The molecule has 0 heterocycles. The molecule has 0 aromatic rings. The average molecular weight is 208 g/mol. The Morgan fingerprint density at radius 2 is 2.13 bits per heavy atom. The predicted molar refractivity (Wildman–Crippen MR) is 61.5 cm³/mol. The van der Waals surface area contributed by atoms with Gasteiger partial charge in [-0.15, -0.1) is 0 Å². The second-order valence-corrected chi connectivity index (χ2v) is 3.81. The molecule has 0 radical (unpaired) electrons. The van der Waals surface area contributed by atoms with Crippen molar-refractivity contribution in [2.24, 2.45) is 5.92 Å². The van der Waals surface area contributed by atoms with Gasteiger partial charge in [-0.1, -0.05) is 37.1 Å². The highest BCUT2D eigenvalue weighted by atomic mass is 16.5. The van der Waals surface area contributed by atoms with Gasteiger partial charge in [0, 0.05) is 0 Å². The van der Waals surface area contributed by atoms with E-state index in [2.05, 4.69) is 26.0 Å². The Morgan fingerprint density at radius 1 is 1.40 bits per heavy atom. The van der Waals surface area contributed by atoms with Crippen molar-refractivity contribution < 1.29 is 9.53 Å². The number of carbonyl (C=O) groups is 1. The van der Waals surface area contributed by atoms with Crippen LogP contribution in [0.1, 0.15) is 40.0 Å². The largest absolute Gasteiger partial charge is 0.466 e. The summed E-state index contributed by atoms with van der Waals surface area (Å²) in [5, 5.41) is 0. The Kier molecular flexibility index (Phi) is 4.60. The number of esters is 1. The zero-order chi connectivity index (χ0) is 11.3. The molecule has 15 heavy (non-hydrogen) atoms. The minimum absolute atomic E-state index is 0.0557. The Labute approximate surface area is 92.0 Å². The standard InChI is InChI=1S/C13H20O2/c1-4-10-7-11(5-2)9-12(8-10)13(14)15-6-3/h7-8,12H,4-6,9H2,1-3H3. The van der Waals surface area contributed by atoms with Gasteiger partial charge in [-0.25, -0.2) is 0 Å². The first-order valence-electron chi connectivity index (χ1n) is 5.78. The number of rotatable bonds is 4. The third kappa shape index (κ3) is 3.22. The van der Waals surface area contributed by atoms with E-state index in [9.17, 15) is 4.79 Å². The molecule has 1 aliphatic rings. The fourth-order valence-electron chi connectivity index (χ4n) is 1.84. The molecule has 0 aromatic carbocycles. The molecule has 0 saturated carbocycles. The SMILES string of the molecule is CCOC(=O)C1C=C(CC)C=C(CC)C1. The highest BCUT2D eigenvalue weighted by Gasteiger charge is 2.21. The molecule has 0 aromatic heterocycles. The van der Waals surface area contributed by atoms with E-state index in [-0.39, 0.29) is 11.9 Å². The Balaban J connectivity index is 2.73. The first kappa shape index (κ1) is 12.0. The maximum Gasteiger partial charge on any atom is 0.313 e. The summed E-state index contributed by atoms with van der Waals surface area (Å²) >= 11 is 0. The van der Waals surface area contributed by atoms with Gasteiger partial charge >= 0.3 is 5.97 Å². The maximum absolute atomic E-state index is 11.6. The summed E-state index contributed by atoms with van der Waals surface area (Å²) in [4.78, 5) is 11.6. The maximum atomic E-state index is 11.6. The molecular weight excluding hydrogens is 188 g/mol. The lowest BCUT2D eigenvalue weighted by Crippen LogP contribution is -2.18. The van der Waals surface area contributed by atoms with Gasteiger partial charge < -0.3 is 4.74 Å². The van der Waals surface area contributed by atoms with Crippen molar-refractivity contribution in [2.75, 3.05) is 6.61 Å². The molecule has 0 aliphatic heterocycles. The van der Waals surface area contributed by atoms with Crippen molar-refractivity contribution >= 4 is 5.97 Å². The van der Waals surface area contributed by atoms with Gasteiger partial charge in [0.25, 0.3) is 0 Å². The quantitative estimate of drug-likeness (QED) is 0.663. The molecule has 1 aliphatic carbocycles. The summed E-state index contributed by atoms with van der Waals surface area (Å²) in [6.45, 7) is 6.56. The molecule has 0 spiro atoms. The molecule has 1 atom stereocenters. The van der Waals surface area contributed by atoms with Gasteiger partial charge in [0.2, 0.25) is 0 Å². The van der Waals surface area contributed by atoms with E-state index in [1.54, 1.807) is 0 Å². The van der Waals surface area contributed by atoms with Crippen LogP contribution in [0.25, 0.3) is 0 Å². The van der Waals surface area contributed by atoms with Crippen molar-refractivity contribution in [2.45, 2.75) is 40.0 Å². The second-order valence-electron chi connectivity index (χ2n) is 3.81. The van der Waals surface area contributed by atoms with Crippen LogP contribution in [0, 0.1) is 5.92 Å². The van der Waals surface area contributed by atoms with Crippen molar-refractivity contribution in [1.29, 1.82) is 0 Å². The number of hydrogen-bond acceptors (Lipinski definition) is 2. The Morgan fingerprint density at radius 3 is 2.67 bits per heavy atom. The summed E-state index contributed by atoms with van der Waals surface area (Å²) in [6, 6.07) is 0. The van der Waals surface area contributed by atoms with Crippen LogP contribution in [0.3, 0.4) is 0 Å². The second kappa shape index (κ2) is 5.74. The number of carbonyl (C=O) groups excluding carboxylic acids is 1. The lowest BCUT2D eigenvalue weighted by atomic mass is 9.88. The molecule has 0 bridgehead atoms. The zero-order valence-electron chi connectivity index (χ0n) is 9.88. The highest BCUT2D eigenvalue weighted by Crippen LogP contribution is 2.27. The van der Waals surface area contributed by atoms with Crippen LogP contribution in [0.5, 0.6) is 0 Å². The third-order valence-corrected chi connectivity index (χ3v) is 2.74. The summed E-state index contributed by atoms with van der Waals surface area (Å²) in [5.41, 5.74) is 2.61. The topological polar surface area (TPSA) is 26.3 Å². The third-order valence-electron chi connectivity index (χ3n) is 2.74. The molecule has 0 amide bonds. The molecule has 0 fully saturated rings. The molecular formula is C13H20O2. The number of ether oxygens (including phenoxy) is 1. The lowest BCUT2D eigenvalue weighted by molar-refractivity contribution is -0.146. The Bertz CT molecular complexity index is 287.